The van der Waals surface area contributed by atoms with Crippen LogP contribution in [0.3, 0.4) is 0 Å². The van der Waals surface area contributed by atoms with E-state index in [9.17, 15) is 5.11 Å². The third-order valence-corrected chi connectivity index (χ3v) is 4.18. The average molecular weight is 279 g/mol. The molecule has 0 bridgehead atoms. The summed E-state index contributed by atoms with van der Waals surface area (Å²) < 4.78 is 0. The van der Waals surface area contributed by atoms with E-state index < -0.39 is 0 Å². The fourth-order valence-electron chi connectivity index (χ4n) is 2.97. The summed E-state index contributed by atoms with van der Waals surface area (Å²) in [4.78, 5) is 0. The van der Waals surface area contributed by atoms with Crippen molar-refractivity contribution in [3.8, 4) is 16.9 Å². The second-order valence-corrected chi connectivity index (χ2v) is 5.56. The number of phenols is 1. The van der Waals surface area contributed by atoms with E-state index in [1.54, 1.807) is 6.07 Å². The molecule has 0 saturated carbocycles. The molecule has 3 rings (SSSR count). The Morgan fingerprint density at radius 1 is 1.14 bits per heavy atom. The molecule has 0 aromatic heterocycles. The van der Waals surface area contributed by atoms with E-state index in [4.69, 9.17) is 0 Å². The van der Waals surface area contributed by atoms with Gasteiger partial charge in [-0.25, -0.2) is 0 Å². The minimum absolute atomic E-state index is 0.319. The smallest absolute Gasteiger partial charge is 0.123 e. The summed E-state index contributed by atoms with van der Waals surface area (Å²) in [7, 11) is 0. The molecule has 0 spiro atoms. The van der Waals surface area contributed by atoms with Gasteiger partial charge in [-0.2, -0.15) is 0 Å². The zero-order valence-corrected chi connectivity index (χ0v) is 12.3. The van der Waals surface area contributed by atoms with Gasteiger partial charge in [0, 0.05) is 16.9 Å². The van der Waals surface area contributed by atoms with Crippen LogP contribution in [0.15, 0.2) is 60.3 Å². The van der Waals surface area contributed by atoms with Crippen LogP contribution >= 0.6 is 0 Å². The van der Waals surface area contributed by atoms with Gasteiger partial charge >= 0.3 is 0 Å². The van der Waals surface area contributed by atoms with Crippen LogP contribution in [0.1, 0.15) is 26.2 Å². The van der Waals surface area contributed by atoms with Crippen molar-refractivity contribution in [2.45, 2.75) is 26.2 Å². The predicted octanol–water partition coefficient (Wildman–Crippen LogP) is 5.18. The molecule has 0 saturated heterocycles. The number of phenolic OH excluding ortho intramolecular Hbond substituents is 1. The van der Waals surface area contributed by atoms with Gasteiger partial charge in [0.15, 0.2) is 0 Å². The van der Waals surface area contributed by atoms with Gasteiger partial charge < -0.3 is 10.4 Å². The van der Waals surface area contributed by atoms with Crippen LogP contribution in [0, 0.1) is 5.92 Å². The van der Waals surface area contributed by atoms with Gasteiger partial charge in [0.25, 0.3) is 0 Å². The van der Waals surface area contributed by atoms with E-state index in [-0.39, 0.29) is 0 Å². The first-order chi connectivity index (χ1) is 10.3. The highest BCUT2D eigenvalue weighted by molar-refractivity contribution is 5.74. The van der Waals surface area contributed by atoms with Crippen LogP contribution in [-0.4, -0.2) is 5.11 Å². The third-order valence-electron chi connectivity index (χ3n) is 4.18. The Morgan fingerprint density at radius 3 is 2.71 bits per heavy atom. The maximum Gasteiger partial charge on any atom is 0.123 e. The fraction of sp³-hybridized carbons (Fsp3) is 0.263. The Hall–Kier alpha value is -2.22. The van der Waals surface area contributed by atoms with Crippen molar-refractivity contribution in [1.82, 2.24) is 0 Å². The molecule has 1 unspecified atom stereocenters. The lowest BCUT2D eigenvalue weighted by atomic mass is 10.0. The lowest BCUT2D eigenvalue weighted by Gasteiger charge is -2.16. The molecule has 2 aromatic carbocycles. The van der Waals surface area contributed by atoms with E-state index in [1.807, 2.05) is 42.5 Å². The van der Waals surface area contributed by atoms with Crippen molar-refractivity contribution in [1.29, 1.82) is 0 Å². The van der Waals surface area contributed by atoms with Gasteiger partial charge in [-0.15, -0.1) is 0 Å². The number of benzene rings is 2. The molecular formula is C19H21NO. The van der Waals surface area contributed by atoms with Crippen molar-refractivity contribution in [3.05, 3.63) is 60.3 Å². The Kier molecular flexibility index (Phi) is 3.96. The number of hydrogen-bond donors (Lipinski definition) is 2. The minimum atomic E-state index is 0.319. The standard InChI is InChI=1S/C19H21NO/c1-2-14-9-6-10-18(14)20-16-11-12-19(21)17(13-16)15-7-4-3-5-8-15/h3-5,7-8,10-14,20-21H,2,6,9H2,1H3. The highest BCUT2D eigenvalue weighted by Gasteiger charge is 2.17. The zero-order chi connectivity index (χ0) is 14.7. The number of aromatic hydroxyl groups is 1. The summed E-state index contributed by atoms with van der Waals surface area (Å²) in [5.74, 6) is 0.957. The molecule has 1 aliphatic rings. The Labute approximate surface area is 126 Å². The second-order valence-electron chi connectivity index (χ2n) is 5.56. The van der Waals surface area contributed by atoms with Gasteiger partial charge in [0.2, 0.25) is 0 Å². The molecule has 21 heavy (non-hydrogen) atoms. The van der Waals surface area contributed by atoms with Gasteiger partial charge in [-0.3, -0.25) is 0 Å². The Balaban J connectivity index is 1.88. The molecule has 108 valence electrons. The summed E-state index contributed by atoms with van der Waals surface area (Å²) in [5, 5.41) is 13.6. The lowest BCUT2D eigenvalue weighted by molar-refractivity contribution is 0.477. The van der Waals surface area contributed by atoms with Crippen molar-refractivity contribution in [2.75, 3.05) is 5.32 Å². The normalized spacial score (nSPS) is 17.6. The summed E-state index contributed by atoms with van der Waals surface area (Å²) in [6, 6.07) is 15.7. The monoisotopic (exact) mass is 279 g/mol. The minimum Gasteiger partial charge on any atom is -0.507 e. The van der Waals surface area contributed by atoms with Crippen LogP contribution in [0.4, 0.5) is 5.69 Å². The van der Waals surface area contributed by atoms with Gasteiger partial charge in [0.1, 0.15) is 5.75 Å². The third kappa shape index (κ3) is 2.94. The van der Waals surface area contributed by atoms with Crippen LogP contribution in [0.25, 0.3) is 11.1 Å². The molecule has 2 heteroatoms. The zero-order valence-electron chi connectivity index (χ0n) is 12.3. The lowest BCUT2D eigenvalue weighted by Crippen LogP contribution is -2.06. The molecule has 0 amide bonds. The first-order valence-electron chi connectivity index (χ1n) is 7.63. The van der Waals surface area contributed by atoms with E-state index >= 15 is 0 Å². The predicted molar refractivity (Wildman–Crippen MR) is 88.3 cm³/mol. The fourth-order valence-corrected chi connectivity index (χ4v) is 2.97. The maximum absolute atomic E-state index is 10.1. The quantitative estimate of drug-likeness (QED) is 0.756. The largest absolute Gasteiger partial charge is 0.507 e. The van der Waals surface area contributed by atoms with E-state index in [0.29, 0.717) is 11.7 Å². The number of anilines is 1. The summed E-state index contributed by atoms with van der Waals surface area (Å²) in [5.41, 5.74) is 4.26. The highest BCUT2D eigenvalue weighted by Crippen LogP contribution is 2.34. The number of hydrogen-bond acceptors (Lipinski definition) is 2. The molecule has 0 radical (unpaired) electrons. The highest BCUT2D eigenvalue weighted by atomic mass is 16.3. The maximum atomic E-state index is 10.1. The SMILES string of the molecule is CCC1CCC=C1Nc1ccc(O)c(-c2ccccc2)c1. The summed E-state index contributed by atoms with van der Waals surface area (Å²) in [6.07, 6.45) is 5.86. The van der Waals surface area contributed by atoms with E-state index in [2.05, 4.69) is 18.3 Å². The van der Waals surface area contributed by atoms with Crippen molar-refractivity contribution in [3.63, 3.8) is 0 Å². The molecule has 1 atom stereocenters. The molecule has 1 aliphatic carbocycles. The van der Waals surface area contributed by atoms with Crippen LogP contribution < -0.4 is 5.32 Å². The number of allylic oxidation sites excluding steroid dienone is 2. The first-order valence-corrected chi connectivity index (χ1v) is 7.63. The van der Waals surface area contributed by atoms with Gasteiger partial charge in [-0.1, -0.05) is 43.3 Å². The van der Waals surface area contributed by atoms with Crippen molar-refractivity contribution >= 4 is 5.69 Å². The summed E-state index contributed by atoms with van der Waals surface area (Å²) >= 11 is 0. The molecule has 0 aliphatic heterocycles. The van der Waals surface area contributed by atoms with Gasteiger partial charge in [-0.05, 0) is 48.9 Å². The molecule has 0 heterocycles. The molecule has 2 nitrogen and oxygen atoms in total. The molecular weight excluding hydrogens is 258 g/mol. The second kappa shape index (κ2) is 6.04. The first kappa shape index (κ1) is 13.7. The van der Waals surface area contributed by atoms with Crippen LogP contribution in [-0.2, 0) is 0 Å². The van der Waals surface area contributed by atoms with Crippen LogP contribution in [0.5, 0.6) is 5.75 Å². The average Bonchev–Trinajstić information content (AvgIpc) is 2.97. The van der Waals surface area contributed by atoms with E-state index in [1.165, 1.54) is 18.5 Å². The summed E-state index contributed by atoms with van der Waals surface area (Å²) in [6.45, 7) is 2.23. The topological polar surface area (TPSA) is 32.3 Å². The molecule has 0 fully saturated rings. The molecule has 2 aromatic rings. The van der Waals surface area contributed by atoms with E-state index in [0.717, 1.165) is 23.2 Å². The Morgan fingerprint density at radius 2 is 1.95 bits per heavy atom. The molecule has 2 N–H and O–H groups in total. The number of nitrogens with one attached hydrogen (secondary N) is 1. The van der Waals surface area contributed by atoms with Crippen molar-refractivity contribution in [2.24, 2.45) is 5.92 Å². The van der Waals surface area contributed by atoms with Crippen molar-refractivity contribution < 1.29 is 5.11 Å². The van der Waals surface area contributed by atoms with Crippen LogP contribution in [0.2, 0.25) is 0 Å². The number of rotatable bonds is 4. The van der Waals surface area contributed by atoms with Gasteiger partial charge in [0.05, 0.1) is 0 Å². The Bertz CT molecular complexity index is 646.